The maximum atomic E-state index is 11.9. The summed E-state index contributed by atoms with van der Waals surface area (Å²) >= 11 is 0. The van der Waals surface area contributed by atoms with Crippen LogP contribution in [-0.2, 0) is 0 Å². The molecular formula is C15H17N3O. The van der Waals surface area contributed by atoms with Crippen molar-refractivity contribution in [3.63, 3.8) is 0 Å². The standard InChI is InChI=1S/C15H17N3O/c1-10-5-3-6-11(2)14(10)18-15(19)17-13-8-4-7-12(16)9-13/h3-9H,16H2,1-2H3,(H2,17,18,19). The van der Waals surface area contributed by atoms with Crippen LogP contribution in [0.15, 0.2) is 42.5 Å². The van der Waals surface area contributed by atoms with Crippen molar-refractivity contribution >= 4 is 23.1 Å². The van der Waals surface area contributed by atoms with E-state index in [-0.39, 0.29) is 6.03 Å². The number of benzene rings is 2. The highest BCUT2D eigenvalue weighted by atomic mass is 16.2. The van der Waals surface area contributed by atoms with E-state index in [1.165, 1.54) is 0 Å². The van der Waals surface area contributed by atoms with Crippen LogP contribution in [0.5, 0.6) is 0 Å². The molecule has 0 saturated carbocycles. The molecule has 0 radical (unpaired) electrons. The lowest BCUT2D eigenvalue weighted by Gasteiger charge is -2.12. The van der Waals surface area contributed by atoms with Gasteiger partial charge < -0.3 is 16.4 Å². The minimum absolute atomic E-state index is 0.275. The van der Waals surface area contributed by atoms with E-state index >= 15 is 0 Å². The zero-order valence-corrected chi connectivity index (χ0v) is 11.0. The van der Waals surface area contributed by atoms with Crippen molar-refractivity contribution in [2.45, 2.75) is 13.8 Å². The maximum absolute atomic E-state index is 11.9. The summed E-state index contributed by atoms with van der Waals surface area (Å²) in [5, 5.41) is 5.61. The molecule has 2 aromatic rings. The van der Waals surface area contributed by atoms with Gasteiger partial charge in [-0.3, -0.25) is 0 Å². The number of anilines is 3. The molecule has 4 N–H and O–H groups in total. The summed E-state index contributed by atoms with van der Waals surface area (Å²) in [5.74, 6) is 0. The van der Waals surface area contributed by atoms with E-state index in [9.17, 15) is 4.79 Å². The van der Waals surface area contributed by atoms with Gasteiger partial charge in [-0.25, -0.2) is 4.79 Å². The Hall–Kier alpha value is -2.49. The van der Waals surface area contributed by atoms with E-state index in [2.05, 4.69) is 10.6 Å². The van der Waals surface area contributed by atoms with E-state index in [0.717, 1.165) is 16.8 Å². The maximum Gasteiger partial charge on any atom is 0.323 e. The number of hydrogen-bond acceptors (Lipinski definition) is 2. The van der Waals surface area contributed by atoms with Gasteiger partial charge in [0.1, 0.15) is 0 Å². The average molecular weight is 255 g/mol. The lowest BCUT2D eigenvalue weighted by Crippen LogP contribution is -2.20. The summed E-state index contributed by atoms with van der Waals surface area (Å²) in [7, 11) is 0. The summed E-state index contributed by atoms with van der Waals surface area (Å²) in [6, 6.07) is 12.7. The fourth-order valence-electron chi connectivity index (χ4n) is 1.90. The molecule has 0 aromatic heterocycles. The quantitative estimate of drug-likeness (QED) is 0.719. The van der Waals surface area contributed by atoms with E-state index in [4.69, 9.17) is 5.73 Å². The van der Waals surface area contributed by atoms with Crippen molar-refractivity contribution in [1.82, 2.24) is 0 Å². The van der Waals surface area contributed by atoms with Crippen LogP contribution in [0.3, 0.4) is 0 Å². The molecule has 19 heavy (non-hydrogen) atoms. The number of urea groups is 1. The Kier molecular flexibility index (Phi) is 3.71. The summed E-state index contributed by atoms with van der Waals surface area (Å²) in [6.07, 6.45) is 0. The first kappa shape index (κ1) is 13.0. The smallest absolute Gasteiger partial charge is 0.323 e. The Labute approximate surface area is 112 Å². The van der Waals surface area contributed by atoms with Crippen LogP contribution >= 0.6 is 0 Å². The molecule has 98 valence electrons. The first-order valence-electron chi connectivity index (χ1n) is 6.06. The molecule has 2 amide bonds. The average Bonchev–Trinajstić information content (AvgIpc) is 2.34. The normalized spacial score (nSPS) is 10.0. The van der Waals surface area contributed by atoms with Crippen LogP contribution in [0.2, 0.25) is 0 Å². The minimum Gasteiger partial charge on any atom is -0.399 e. The number of aryl methyl sites for hydroxylation is 2. The number of hydrogen-bond donors (Lipinski definition) is 3. The fourth-order valence-corrected chi connectivity index (χ4v) is 1.90. The highest BCUT2D eigenvalue weighted by Crippen LogP contribution is 2.20. The number of nitrogens with two attached hydrogens (primary N) is 1. The number of carbonyl (C=O) groups excluding carboxylic acids is 1. The van der Waals surface area contributed by atoms with Gasteiger partial charge in [-0.15, -0.1) is 0 Å². The van der Waals surface area contributed by atoms with Crippen LogP contribution in [0.4, 0.5) is 21.9 Å². The number of para-hydroxylation sites is 1. The van der Waals surface area contributed by atoms with Gasteiger partial charge in [-0.1, -0.05) is 24.3 Å². The van der Waals surface area contributed by atoms with Crippen molar-refractivity contribution < 1.29 is 4.79 Å². The first-order chi connectivity index (χ1) is 9.06. The Morgan fingerprint density at radius 1 is 1.00 bits per heavy atom. The molecule has 0 atom stereocenters. The summed E-state index contributed by atoms with van der Waals surface area (Å²) in [6.45, 7) is 3.92. The van der Waals surface area contributed by atoms with Crippen molar-refractivity contribution in [2.24, 2.45) is 0 Å². The molecule has 0 heterocycles. The Bertz CT molecular complexity index is 588. The van der Waals surface area contributed by atoms with Crippen molar-refractivity contribution in [2.75, 3.05) is 16.4 Å². The van der Waals surface area contributed by atoms with Crippen molar-refractivity contribution in [1.29, 1.82) is 0 Å². The molecule has 2 rings (SSSR count). The highest BCUT2D eigenvalue weighted by molar-refractivity contribution is 6.00. The highest BCUT2D eigenvalue weighted by Gasteiger charge is 2.07. The molecule has 0 aliphatic rings. The molecule has 0 unspecified atom stereocenters. The molecule has 2 aromatic carbocycles. The number of carbonyl (C=O) groups is 1. The topological polar surface area (TPSA) is 67.2 Å². The van der Waals surface area contributed by atoms with E-state index in [1.54, 1.807) is 24.3 Å². The minimum atomic E-state index is -0.275. The Morgan fingerprint density at radius 3 is 2.26 bits per heavy atom. The van der Waals surface area contributed by atoms with Crippen LogP contribution in [0.25, 0.3) is 0 Å². The molecule has 0 saturated heterocycles. The number of nitrogens with one attached hydrogen (secondary N) is 2. The van der Waals surface area contributed by atoms with Gasteiger partial charge in [0.2, 0.25) is 0 Å². The number of nitrogen functional groups attached to an aromatic ring is 1. The molecule has 0 bridgehead atoms. The third-order valence-electron chi connectivity index (χ3n) is 2.86. The second kappa shape index (κ2) is 5.44. The van der Waals surface area contributed by atoms with Gasteiger partial charge in [-0.2, -0.15) is 0 Å². The first-order valence-corrected chi connectivity index (χ1v) is 6.06. The zero-order valence-electron chi connectivity index (χ0n) is 11.0. The number of amides is 2. The second-order valence-corrected chi connectivity index (χ2v) is 4.47. The third kappa shape index (κ3) is 3.25. The molecule has 4 nitrogen and oxygen atoms in total. The molecule has 0 aliphatic heterocycles. The van der Waals surface area contributed by atoms with Crippen LogP contribution in [-0.4, -0.2) is 6.03 Å². The predicted octanol–water partition coefficient (Wildman–Crippen LogP) is 3.53. The van der Waals surface area contributed by atoms with Crippen molar-refractivity contribution in [3.05, 3.63) is 53.6 Å². The summed E-state index contributed by atoms with van der Waals surface area (Å²) in [4.78, 5) is 11.9. The monoisotopic (exact) mass is 255 g/mol. The van der Waals surface area contributed by atoms with E-state index in [1.807, 2.05) is 32.0 Å². The van der Waals surface area contributed by atoms with Crippen LogP contribution in [0, 0.1) is 13.8 Å². The van der Waals surface area contributed by atoms with Gasteiger partial charge in [0.05, 0.1) is 0 Å². The fraction of sp³-hybridized carbons (Fsp3) is 0.133. The van der Waals surface area contributed by atoms with Crippen LogP contribution < -0.4 is 16.4 Å². The summed E-state index contributed by atoms with van der Waals surface area (Å²) < 4.78 is 0. The number of rotatable bonds is 2. The summed E-state index contributed by atoms with van der Waals surface area (Å²) in [5.41, 5.74) is 9.85. The van der Waals surface area contributed by atoms with Gasteiger partial charge in [-0.05, 0) is 43.2 Å². The van der Waals surface area contributed by atoms with Gasteiger partial charge in [0.15, 0.2) is 0 Å². The Balaban J connectivity index is 2.10. The third-order valence-corrected chi connectivity index (χ3v) is 2.86. The van der Waals surface area contributed by atoms with E-state index in [0.29, 0.717) is 11.4 Å². The van der Waals surface area contributed by atoms with Gasteiger partial charge >= 0.3 is 6.03 Å². The zero-order chi connectivity index (χ0) is 13.8. The predicted molar refractivity (Wildman–Crippen MR) is 79.4 cm³/mol. The van der Waals surface area contributed by atoms with E-state index < -0.39 is 0 Å². The van der Waals surface area contributed by atoms with Crippen molar-refractivity contribution in [3.8, 4) is 0 Å². The molecule has 0 fully saturated rings. The lowest BCUT2D eigenvalue weighted by molar-refractivity contribution is 0.262. The van der Waals surface area contributed by atoms with Gasteiger partial charge in [0, 0.05) is 17.1 Å². The largest absolute Gasteiger partial charge is 0.399 e. The molecule has 0 aliphatic carbocycles. The molecule has 4 heteroatoms. The molecule has 0 spiro atoms. The second-order valence-electron chi connectivity index (χ2n) is 4.47. The molecular weight excluding hydrogens is 238 g/mol. The SMILES string of the molecule is Cc1cccc(C)c1NC(=O)Nc1cccc(N)c1. The Morgan fingerprint density at radius 2 is 1.63 bits per heavy atom. The lowest BCUT2D eigenvalue weighted by atomic mass is 10.1. The van der Waals surface area contributed by atoms with Crippen LogP contribution in [0.1, 0.15) is 11.1 Å². The van der Waals surface area contributed by atoms with Gasteiger partial charge in [0.25, 0.3) is 0 Å².